The van der Waals surface area contributed by atoms with Crippen LogP contribution < -0.4 is 11.2 Å². The number of nitrogens with one attached hydrogen (secondary N) is 1. The number of fused-ring (bicyclic) bond motifs is 1. The van der Waals surface area contributed by atoms with Gasteiger partial charge in [0.25, 0.3) is 5.56 Å². The summed E-state index contributed by atoms with van der Waals surface area (Å²) in [6.07, 6.45) is 1.76. The van der Waals surface area contributed by atoms with Crippen molar-refractivity contribution >= 4 is 11.2 Å². The number of H-pyrrole nitrogens is 1. The Labute approximate surface area is 137 Å². The highest BCUT2D eigenvalue weighted by atomic mass is 16.2. The SMILES string of the molecule is CCCCn1c(=O)[nH]c(=O)c2c1nc(-c1ccc(C#N)cc1)n2C. The second-order valence-electron chi connectivity index (χ2n) is 5.62. The zero-order chi connectivity index (χ0) is 17.3. The smallest absolute Gasteiger partial charge is 0.321 e. The number of aromatic amines is 1. The van der Waals surface area contributed by atoms with E-state index in [2.05, 4.69) is 16.0 Å². The third kappa shape index (κ3) is 2.52. The molecular formula is C17H17N5O2. The van der Waals surface area contributed by atoms with E-state index < -0.39 is 11.2 Å². The van der Waals surface area contributed by atoms with Crippen LogP contribution in [0.2, 0.25) is 0 Å². The van der Waals surface area contributed by atoms with Gasteiger partial charge in [0.05, 0.1) is 11.6 Å². The predicted octanol–water partition coefficient (Wildman–Crippen LogP) is 1.76. The summed E-state index contributed by atoms with van der Waals surface area (Å²) in [5.74, 6) is 0.579. The Morgan fingerprint density at radius 3 is 2.58 bits per heavy atom. The van der Waals surface area contributed by atoms with Crippen LogP contribution in [0.3, 0.4) is 0 Å². The molecule has 0 bridgehead atoms. The second kappa shape index (κ2) is 6.16. The molecule has 0 atom stereocenters. The van der Waals surface area contributed by atoms with Crippen molar-refractivity contribution in [3.8, 4) is 17.5 Å². The fourth-order valence-corrected chi connectivity index (χ4v) is 2.72. The molecule has 7 heteroatoms. The topological polar surface area (TPSA) is 96.5 Å². The number of hydrogen-bond acceptors (Lipinski definition) is 4. The third-order valence-corrected chi connectivity index (χ3v) is 4.02. The molecule has 0 unspecified atom stereocenters. The average molecular weight is 323 g/mol. The zero-order valence-corrected chi connectivity index (χ0v) is 13.5. The van der Waals surface area contributed by atoms with E-state index in [-0.39, 0.29) is 0 Å². The lowest BCUT2D eigenvalue weighted by molar-refractivity contribution is 0.613. The Morgan fingerprint density at radius 1 is 1.25 bits per heavy atom. The van der Waals surface area contributed by atoms with Gasteiger partial charge in [0.2, 0.25) is 0 Å². The molecule has 24 heavy (non-hydrogen) atoms. The van der Waals surface area contributed by atoms with Crippen LogP contribution in [-0.4, -0.2) is 19.1 Å². The highest BCUT2D eigenvalue weighted by Gasteiger charge is 2.17. The van der Waals surface area contributed by atoms with Gasteiger partial charge >= 0.3 is 5.69 Å². The minimum atomic E-state index is -0.447. The fraction of sp³-hybridized carbons (Fsp3) is 0.294. The molecule has 0 saturated heterocycles. The Kier molecular flexibility index (Phi) is 4.04. The van der Waals surface area contributed by atoms with Crippen LogP contribution in [0.1, 0.15) is 25.3 Å². The van der Waals surface area contributed by atoms with Crippen molar-refractivity contribution in [3.05, 3.63) is 50.7 Å². The molecule has 0 fully saturated rings. The summed E-state index contributed by atoms with van der Waals surface area (Å²) in [6.45, 7) is 2.54. The summed E-state index contributed by atoms with van der Waals surface area (Å²) in [6, 6.07) is 9.02. The molecule has 0 amide bonds. The van der Waals surface area contributed by atoms with Gasteiger partial charge in [0, 0.05) is 19.2 Å². The molecule has 122 valence electrons. The Balaban J connectivity index is 2.26. The van der Waals surface area contributed by atoms with Crippen molar-refractivity contribution in [2.24, 2.45) is 7.05 Å². The largest absolute Gasteiger partial charge is 0.330 e. The summed E-state index contributed by atoms with van der Waals surface area (Å²) in [5.41, 5.74) is 1.20. The molecular weight excluding hydrogens is 306 g/mol. The lowest BCUT2D eigenvalue weighted by atomic mass is 10.1. The predicted molar refractivity (Wildman–Crippen MR) is 90.7 cm³/mol. The minimum Gasteiger partial charge on any atom is -0.321 e. The van der Waals surface area contributed by atoms with Crippen molar-refractivity contribution < 1.29 is 0 Å². The standard InChI is InChI=1S/C17H17N5O2/c1-3-4-9-22-15-13(16(23)20-17(22)24)21(2)14(19-15)12-7-5-11(10-18)6-8-12/h5-8H,3-4,9H2,1-2H3,(H,20,23,24). The van der Waals surface area contributed by atoms with Crippen LogP contribution in [0, 0.1) is 11.3 Å². The summed E-state index contributed by atoms with van der Waals surface area (Å²) < 4.78 is 3.19. The molecule has 0 aliphatic carbocycles. The van der Waals surface area contributed by atoms with Crippen molar-refractivity contribution in [1.29, 1.82) is 5.26 Å². The molecule has 1 aromatic carbocycles. The van der Waals surface area contributed by atoms with E-state index in [9.17, 15) is 9.59 Å². The molecule has 1 N–H and O–H groups in total. The number of benzene rings is 1. The monoisotopic (exact) mass is 323 g/mol. The van der Waals surface area contributed by atoms with E-state index in [0.717, 1.165) is 18.4 Å². The van der Waals surface area contributed by atoms with Gasteiger partial charge in [-0.2, -0.15) is 5.26 Å². The average Bonchev–Trinajstić information content (AvgIpc) is 2.92. The van der Waals surface area contributed by atoms with Gasteiger partial charge in [-0.1, -0.05) is 13.3 Å². The first-order valence-corrected chi connectivity index (χ1v) is 7.77. The number of aryl methyl sites for hydroxylation is 2. The molecule has 0 saturated carbocycles. The zero-order valence-electron chi connectivity index (χ0n) is 13.5. The Hall–Kier alpha value is -3.14. The molecule has 0 aliphatic heterocycles. The van der Waals surface area contributed by atoms with E-state index in [4.69, 9.17) is 5.26 Å². The van der Waals surface area contributed by atoms with Gasteiger partial charge < -0.3 is 4.57 Å². The maximum absolute atomic E-state index is 12.2. The highest BCUT2D eigenvalue weighted by molar-refractivity contribution is 5.76. The van der Waals surface area contributed by atoms with Crippen LogP contribution >= 0.6 is 0 Å². The van der Waals surface area contributed by atoms with Crippen LogP contribution in [-0.2, 0) is 13.6 Å². The van der Waals surface area contributed by atoms with E-state index in [1.165, 1.54) is 4.57 Å². The first-order chi connectivity index (χ1) is 11.6. The molecule has 0 aliphatic rings. The van der Waals surface area contributed by atoms with Crippen LogP contribution in [0.4, 0.5) is 0 Å². The lowest BCUT2D eigenvalue weighted by Crippen LogP contribution is -2.31. The maximum atomic E-state index is 12.2. The Bertz CT molecular complexity index is 1050. The normalized spacial score (nSPS) is 10.9. The van der Waals surface area contributed by atoms with Crippen molar-refractivity contribution in [1.82, 2.24) is 19.1 Å². The number of hydrogen-bond donors (Lipinski definition) is 1. The van der Waals surface area contributed by atoms with Gasteiger partial charge in [0.1, 0.15) is 5.82 Å². The molecule has 0 radical (unpaired) electrons. The number of rotatable bonds is 4. The van der Waals surface area contributed by atoms with E-state index in [1.807, 2.05) is 6.92 Å². The number of nitrogens with zero attached hydrogens (tertiary/aromatic N) is 4. The first-order valence-electron chi connectivity index (χ1n) is 7.77. The highest BCUT2D eigenvalue weighted by Crippen LogP contribution is 2.21. The summed E-state index contributed by atoms with van der Waals surface area (Å²) in [4.78, 5) is 31.2. The van der Waals surface area contributed by atoms with E-state index in [1.54, 1.807) is 35.9 Å². The fourth-order valence-electron chi connectivity index (χ4n) is 2.72. The van der Waals surface area contributed by atoms with E-state index >= 15 is 0 Å². The molecule has 2 heterocycles. The van der Waals surface area contributed by atoms with E-state index in [0.29, 0.717) is 29.1 Å². The van der Waals surface area contributed by atoms with Gasteiger partial charge in [-0.3, -0.25) is 14.3 Å². The van der Waals surface area contributed by atoms with Crippen molar-refractivity contribution in [2.75, 3.05) is 0 Å². The maximum Gasteiger partial charge on any atom is 0.330 e. The van der Waals surface area contributed by atoms with Gasteiger partial charge in [-0.25, -0.2) is 9.78 Å². The van der Waals surface area contributed by atoms with Crippen LogP contribution in [0.25, 0.3) is 22.6 Å². The minimum absolute atomic E-state index is 0.366. The quantitative estimate of drug-likeness (QED) is 0.791. The van der Waals surface area contributed by atoms with Gasteiger partial charge in [-0.05, 0) is 30.7 Å². The van der Waals surface area contributed by atoms with Gasteiger partial charge in [0.15, 0.2) is 11.2 Å². The Morgan fingerprint density at radius 2 is 1.96 bits per heavy atom. The number of aromatic nitrogens is 4. The summed E-state index contributed by atoms with van der Waals surface area (Å²) >= 11 is 0. The molecule has 3 aromatic rings. The molecule has 0 spiro atoms. The van der Waals surface area contributed by atoms with Gasteiger partial charge in [-0.15, -0.1) is 0 Å². The summed E-state index contributed by atoms with van der Waals surface area (Å²) in [7, 11) is 1.74. The number of imidazole rings is 1. The number of nitriles is 1. The molecule has 7 nitrogen and oxygen atoms in total. The summed E-state index contributed by atoms with van der Waals surface area (Å²) in [5, 5.41) is 8.90. The molecule has 3 rings (SSSR count). The third-order valence-electron chi connectivity index (χ3n) is 4.02. The second-order valence-corrected chi connectivity index (χ2v) is 5.62. The lowest BCUT2D eigenvalue weighted by Gasteiger charge is -2.04. The van der Waals surface area contributed by atoms with Crippen molar-refractivity contribution in [2.45, 2.75) is 26.3 Å². The molecule has 2 aromatic heterocycles. The van der Waals surface area contributed by atoms with Crippen LogP contribution in [0.15, 0.2) is 33.9 Å². The van der Waals surface area contributed by atoms with Crippen LogP contribution in [0.5, 0.6) is 0 Å². The number of unbranched alkanes of at least 4 members (excludes halogenated alkanes) is 1. The first kappa shape index (κ1) is 15.7. The van der Waals surface area contributed by atoms with Crippen molar-refractivity contribution in [3.63, 3.8) is 0 Å².